The number of hydrogen-bond donors (Lipinski definition) is 2. The van der Waals surface area contributed by atoms with E-state index < -0.39 is 0 Å². The Balaban J connectivity index is 1.55. The Bertz CT molecular complexity index is 1100. The molecule has 0 saturated carbocycles. The number of aliphatic hydroxyl groups excluding tert-OH is 1. The second-order valence-electron chi connectivity index (χ2n) is 6.07. The van der Waals surface area contributed by atoms with Crippen molar-refractivity contribution in [3.8, 4) is 5.75 Å². The number of ether oxygens (including phenoxy) is 1. The summed E-state index contributed by atoms with van der Waals surface area (Å²) in [5.41, 5.74) is 2.94. The molecule has 3 heterocycles. The van der Waals surface area contributed by atoms with Gasteiger partial charge in [-0.15, -0.1) is 0 Å². The minimum atomic E-state index is 0.129. The van der Waals surface area contributed by atoms with Gasteiger partial charge in [0.1, 0.15) is 24.2 Å². The molecule has 7 nitrogen and oxygen atoms in total. The Hall–Kier alpha value is -3.16. The Labute approximate surface area is 166 Å². The van der Waals surface area contributed by atoms with Crippen molar-refractivity contribution < 1.29 is 9.84 Å². The maximum absolute atomic E-state index is 9.89. The number of aliphatic hydroxyl groups is 1. The first-order valence-electron chi connectivity index (χ1n) is 8.56. The Morgan fingerprint density at radius 2 is 2.07 bits per heavy atom. The molecule has 3 aromatic heterocycles. The van der Waals surface area contributed by atoms with Crippen LogP contribution in [0.5, 0.6) is 5.75 Å². The topological polar surface area (TPSA) is 85.1 Å². The number of pyridine rings is 1. The fraction of sp³-hybridized carbons (Fsp3) is 0.100. The van der Waals surface area contributed by atoms with Gasteiger partial charge in [-0.05, 0) is 43.3 Å². The summed E-state index contributed by atoms with van der Waals surface area (Å²) in [6.45, 7) is 1.93. The van der Waals surface area contributed by atoms with E-state index in [4.69, 9.17) is 16.3 Å². The normalized spacial score (nSPS) is 11.1. The van der Waals surface area contributed by atoms with Gasteiger partial charge in [-0.1, -0.05) is 17.7 Å². The van der Waals surface area contributed by atoms with E-state index in [1.807, 2.05) is 30.3 Å². The number of fused-ring (bicyclic) bond motifs is 1. The first-order chi connectivity index (χ1) is 13.6. The van der Waals surface area contributed by atoms with E-state index in [9.17, 15) is 5.11 Å². The first-order valence-corrected chi connectivity index (χ1v) is 8.94. The number of anilines is 2. The molecule has 4 aromatic rings. The monoisotopic (exact) mass is 394 g/mol. The van der Waals surface area contributed by atoms with Crippen LogP contribution in [0.2, 0.25) is 5.02 Å². The van der Waals surface area contributed by atoms with Crippen LogP contribution in [0.15, 0.2) is 61.2 Å². The van der Waals surface area contributed by atoms with Crippen LogP contribution in [-0.2, 0) is 6.61 Å². The molecule has 4 rings (SSSR count). The van der Waals surface area contributed by atoms with Crippen LogP contribution in [0.25, 0.3) is 11.0 Å². The summed E-state index contributed by atoms with van der Waals surface area (Å²) in [4.78, 5) is 12.7. The lowest BCUT2D eigenvalue weighted by Gasteiger charge is -2.13. The third-order valence-corrected chi connectivity index (χ3v) is 4.41. The molecule has 141 valence electrons. The van der Waals surface area contributed by atoms with Gasteiger partial charge >= 0.3 is 0 Å². The number of nitrogens with one attached hydrogen (secondary N) is 1. The van der Waals surface area contributed by atoms with Gasteiger partial charge in [0, 0.05) is 18.1 Å². The summed E-state index contributed by atoms with van der Waals surface area (Å²) in [5, 5.41) is 13.6. The van der Waals surface area contributed by atoms with E-state index in [1.54, 1.807) is 36.0 Å². The number of benzene rings is 1. The summed E-state index contributed by atoms with van der Waals surface area (Å²) < 4.78 is 7.36. The Morgan fingerprint density at radius 1 is 1.18 bits per heavy atom. The van der Waals surface area contributed by atoms with Crippen molar-refractivity contribution in [3.05, 3.63) is 78.1 Å². The van der Waals surface area contributed by atoms with Crippen LogP contribution in [0.1, 0.15) is 12.6 Å². The summed E-state index contributed by atoms with van der Waals surface area (Å²) in [6, 6.07) is 12.8. The zero-order valence-electron chi connectivity index (χ0n) is 15.0. The highest BCUT2D eigenvalue weighted by atomic mass is 35.5. The van der Waals surface area contributed by atoms with Gasteiger partial charge < -0.3 is 19.7 Å². The molecule has 0 bridgehead atoms. The SMILES string of the molecule is C[C](O)n1ccc2ncnc(Nc3ccc(OCc4ccccn4)c(Cl)c3)c21. The number of halogens is 1. The van der Waals surface area contributed by atoms with Gasteiger partial charge in [-0.25, -0.2) is 9.97 Å². The minimum absolute atomic E-state index is 0.129. The molecule has 2 N–H and O–H groups in total. The van der Waals surface area contributed by atoms with Gasteiger partial charge in [-0.2, -0.15) is 0 Å². The molecule has 0 aliphatic carbocycles. The lowest BCUT2D eigenvalue weighted by molar-refractivity contribution is 0.283. The van der Waals surface area contributed by atoms with Crippen LogP contribution < -0.4 is 10.1 Å². The molecule has 0 aliphatic heterocycles. The molecular weight excluding hydrogens is 378 g/mol. The number of aromatic nitrogens is 4. The predicted molar refractivity (Wildman–Crippen MR) is 107 cm³/mol. The predicted octanol–water partition coefficient (Wildman–Crippen LogP) is 4.53. The minimum Gasteiger partial charge on any atom is -0.486 e. The number of rotatable bonds is 6. The standard InChI is InChI=1S/C20H17ClN5O2/c1-13(27)26-9-7-17-19(26)20(24-12-23-17)25-14-5-6-18(16(21)10-14)28-11-15-4-2-3-8-22-15/h2-10,12,27H,11H2,1H3,(H,23,24,25). The van der Waals surface area contributed by atoms with Crippen LogP contribution in [-0.4, -0.2) is 24.6 Å². The number of hydrogen-bond acceptors (Lipinski definition) is 6. The Kier molecular flexibility index (Phi) is 5.10. The average Bonchev–Trinajstić information content (AvgIpc) is 3.14. The highest BCUT2D eigenvalue weighted by molar-refractivity contribution is 6.32. The molecule has 0 fully saturated rings. The largest absolute Gasteiger partial charge is 0.486 e. The molecule has 28 heavy (non-hydrogen) atoms. The molecule has 0 amide bonds. The molecule has 8 heteroatoms. The summed E-state index contributed by atoms with van der Waals surface area (Å²) in [6.07, 6.45) is 5.05. The number of nitrogens with zero attached hydrogens (tertiary/aromatic N) is 4. The van der Waals surface area contributed by atoms with E-state index in [0.717, 1.165) is 11.4 Å². The van der Waals surface area contributed by atoms with E-state index in [-0.39, 0.29) is 6.23 Å². The quantitative estimate of drug-likeness (QED) is 0.499. The van der Waals surface area contributed by atoms with Crippen molar-refractivity contribution in [3.63, 3.8) is 0 Å². The molecule has 0 unspecified atom stereocenters. The Morgan fingerprint density at radius 3 is 2.82 bits per heavy atom. The van der Waals surface area contributed by atoms with Gasteiger partial charge in [0.15, 0.2) is 12.0 Å². The van der Waals surface area contributed by atoms with E-state index in [1.165, 1.54) is 6.33 Å². The van der Waals surface area contributed by atoms with Crippen molar-refractivity contribution in [2.75, 3.05) is 5.32 Å². The van der Waals surface area contributed by atoms with Crippen molar-refractivity contribution in [2.45, 2.75) is 13.5 Å². The van der Waals surface area contributed by atoms with Crippen molar-refractivity contribution in [1.29, 1.82) is 0 Å². The fourth-order valence-corrected chi connectivity index (χ4v) is 3.04. The van der Waals surface area contributed by atoms with Gasteiger partial charge in [0.25, 0.3) is 0 Å². The van der Waals surface area contributed by atoms with Gasteiger partial charge in [-0.3, -0.25) is 4.98 Å². The van der Waals surface area contributed by atoms with E-state index in [2.05, 4.69) is 20.3 Å². The second kappa shape index (κ2) is 7.84. The molecule has 1 aromatic carbocycles. The smallest absolute Gasteiger partial charge is 0.187 e. The molecule has 0 spiro atoms. The first kappa shape index (κ1) is 18.2. The molecule has 0 saturated heterocycles. The van der Waals surface area contributed by atoms with E-state index in [0.29, 0.717) is 34.2 Å². The third kappa shape index (κ3) is 3.76. The summed E-state index contributed by atoms with van der Waals surface area (Å²) in [5.74, 6) is 1.12. The maximum atomic E-state index is 9.89. The highest BCUT2D eigenvalue weighted by Gasteiger charge is 2.13. The average molecular weight is 395 g/mol. The van der Waals surface area contributed by atoms with E-state index >= 15 is 0 Å². The molecule has 0 atom stereocenters. The van der Waals surface area contributed by atoms with Gasteiger partial charge in [0.2, 0.25) is 0 Å². The fourth-order valence-electron chi connectivity index (χ4n) is 2.80. The van der Waals surface area contributed by atoms with Gasteiger partial charge in [0.05, 0.1) is 16.2 Å². The molecular formula is C20H17ClN5O2. The summed E-state index contributed by atoms with van der Waals surface area (Å²) >= 11 is 6.37. The highest BCUT2D eigenvalue weighted by Crippen LogP contribution is 2.31. The van der Waals surface area contributed by atoms with Crippen LogP contribution >= 0.6 is 11.6 Å². The molecule has 1 radical (unpaired) electrons. The zero-order valence-corrected chi connectivity index (χ0v) is 15.8. The maximum Gasteiger partial charge on any atom is 0.187 e. The lowest BCUT2D eigenvalue weighted by Crippen LogP contribution is -2.06. The summed E-state index contributed by atoms with van der Waals surface area (Å²) in [7, 11) is 0. The van der Waals surface area contributed by atoms with Crippen molar-refractivity contribution in [1.82, 2.24) is 19.5 Å². The van der Waals surface area contributed by atoms with Crippen LogP contribution in [0.4, 0.5) is 11.5 Å². The zero-order chi connectivity index (χ0) is 19.5. The van der Waals surface area contributed by atoms with Crippen LogP contribution in [0, 0.1) is 6.23 Å². The van der Waals surface area contributed by atoms with Crippen LogP contribution in [0.3, 0.4) is 0 Å². The third-order valence-electron chi connectivity index (χ3n) is 4.12. The molecule has 0 aliphatic rings. The lowest BCUT2D eigenvalue weighted by atomic mass is 10.3. The van der Waals surface area contributed by atoms with Crippen molar-refractivity contribution >= 4 is 34.1 Å². The second-order valence-corrected chi connectivity index (χ2v) is 6.48. The van der Waals surface area contributed by atoms with Crippen molar-refractivity contribution in [2.24, 2.45) is 0 Å².